The van der Waals surface area contributed by atoms with Crippen LogP contribution in [0.25, 0.3) is 0 Å². The minimum atomic E-state index is -2.02. The van der Waals surface area contributed by atoms with Crippen LogP contribution in [0.5, 0.6) is 0 Å². The van der Waals surface area contributed by atoms with Crippen LogP contribution in [0, 0.1) is 0 Å². The summed E-state index contributed by atoms with van der Waals surface area (Å²) in [6.07, 6.45) is -65.3. The van der Waals surface area contributed by atoms with Gasteiger partial charge in [0.2, 0.25) is 0 Å². The molecule has 9 saturated heterocycles. The summed E-state index contributed by atoms with van der Waals surface area (Å²) < 4.78 is 100. The van der Waals surface area contributed by atoms with Crippen LogP contribution in [0.1, 0.15) is 0 Å². The summed E-state index contributed by atoms with van der Waals surface area (Å²) in [5, 5.41) is 213. The standard InChI is InChI=1S/C45H74O37/c46-1-11-20(52)29(61)40(71-11)79-33-17(77-38-27(59)19(51)10(50)5-67-38)8-70-45(36(33)82-43-32(64)23(55)14(4-49)74-43)78-18-9-69-44(76-16-7-68-39(28(60)25(16)57)75-15-6-66-37(65)26(58)24(15)56)35(81-42-31(63)22(54)13(3-48)73-42)34(18)80-41-30(62)21(53)12(2-47)72-41/h10-65H,1-9H2/t10-,11+,12+,13+,14+,15-,16-,17-,18-,19+,20+,21+,22+,23+,24+,25+,26-,27-,28-,29-,30-,31-,32-,33+,34+,35-,36-,37-,38+,39+,40+,41+,42+,43+,44+,45+/m1/s1. The van der Waals surface area contributed by atoms with Crippen LogP contribution in [-0.2, 0) is 80.5 Å². The van der Waals surface area contributed by atoms with Crippen LogP contribution in [-0.4, -0.2) is 383 Å². The van der Waals surface area contributed by atoms with Crippen LogP contribution < -0.4 is 0 Å². The maximum absolute atomic E-state index is 11.5. The first kappa shape index (κ1) is 65.0. The van der Waals surface area contributed by atoms with E-state index in [-0.39, 0.29) is 0 Å². The molecule has 476 valence electrons. The van der Waals surface area contributed by atoms with Crippen molar-refractivity contribution in [3.63, 3.8) is 0 Å². The lowest BCUT2D eigenvalue weighted by Crippen LogP contribution is -2.66. The van der Waals surface area contributed by atoms with Gasteiger partial charge in [0.1, 0.15) is 165 Å². The zero-order chi connectivity index (χ0) is 59.2. The van der Waals surface area contributed by atoms with Crippen molar-refractivity contribution in [2.45, 2.75) is 221 Å². The number of hydrogen-bond donors (Lipinski definition) is 20. The van der Waals surface area contributed by atoms with Gasteiger partial charge in [-0.15, -0.1) is 0 Å². The highest BCUT2D eigenvalue weighted by molar-refractivity contribution is 4.99. The highest BCUT2D eigenvalue weighted by Gasteiger charge is 2.59. The lowest BCUT2D eigenvalue weighted by Gasteiger charge is -2.49. The third kappa shape index (κ3) is 13.4. The normalized spacial score (nSPS) is 54.0. The van der Waals surface area contributed by atoms with E-state index in [1.165, 1.54) is 0 Å². The Balaban J connectivity index is 1.05. The molecule has 0 saturated carbocycles. The minimum absolute atomic E-state index is 0.494. The van der Waals surface area contributed by atoms with E-state index in [1.807, 2.05) is 0 Å². The van der Waals surface area contributed by atoms with Gasteiger partial charge in [-0.3, -0.25) is 0 Å². The summed E-state index contributed by atoms with van der Waals surface area (Å²) in [6, 6.07) is 0. The predicted octanol–water partition coefficient (Wildman–Crippen LogP) is -14.9. The molecule has 82 heavy (non-hydrogen) atoms. The summed E-state index contributed by atoms with van der Waals surface area (Å²) in [6.45, 7) is -6.75. The van der Waals surface area contributed by atoms with E-state index in [0.717, 1.165) is 0 Å². The van der Waals surface area contributed by atoms with E-state index >= 15 is 0 Å². The average Bonchev–Trinajstić information content (AvgIpc) is 3.94. The fourth-order valence-electron chi connectivity index (χ4n) is 10.6. The van der Waals surface area contributed by atoms with Gasteiger partial charge >= 0.3 is 0 Å². The Labute approximate surface area is 463 Å². The zero-order valence-electron chi connectivity index (χ0n) is 43.0. The third-order valence-electron chi connectivity index (χ3n) is 15.5. The molecule has 9 aliphatic rings. The Hall–Kier alpha value is -1.48. The number of aliphatic hydroxyl groups is 20. The molecule has 37 nitrogen and oxygen atoms in total. The van der Waals surface area contributed by atoms with E-state index in [1.54, 1.807) is 0 Å². The molecule has 0 aromatic heterocycles. The smallest absolute Gasteiger partial charge is 0.187 e. The van der Waals surface area contributed by atoms with E-state index in [4.69, 9.17) is 80.5 Å². The van der Waals surface area contributed by atoms with Gasteiger partial charge in [0.15, 0.2) is 56.6 Å². The van der Waals surface area contributed by atoms with Crippen molar-refractivity contribution in [1.29, 1.82) is 0 Å². The lowest BCUT2D eigenvalue weighted by molar-refractivity contribution is -0.397. The van der Waals surface area contributed by atoms with Crippen LogP contribution in [0.2, 0.25) is 0 Å². The first-order chi connectivity index (χ1) is 39.1. The Kier molecular flexibility index (Phi) is 22.1. The molecule has 0 amide bonds. The van der Waals surface area contributed by atoms with Crippen molar-refractivity contribution in [3.05, 3.63) is 0 Å². The van der Waals surface area contributed by atoms with Gasteiger partial charge in [-0.2, -0.15) is 0 Å². The predicted molar refractivity (Wildman–Crippen MR) is 243 cm³/mol. The van der Waals surface area contributed by atoms with Gasteiger partial charge < -0.3 is 183 Å². The number of aliphatic hydroxyl groups excluding tert-OH is 20. The largest absolute Gasteiger partial charge is 0.394 e. The second-order valence-corrected chi connectivity index (χ2v) is 21.0. The maximum atomic E-state index is 11.5. The molecule has 0 aromatic carbocycles. The Bertz CT molecular complexity index is 1980. The second-order valence-electron chi connectivity index (χ2n) is 21.0. The molecule has 36 atom stereocenters. The molecule has 9 heterocycles. The first-order valence-electron chi connectivity index (χ1n) is 26.3. The summed E-state index contributed by atoms with van der Waals surface area (Å²) in [5.74, 6) is 0. The van der Waals surface area contributed by atoms with Gasteiger partial charge in [0, 0.05) is 0 Å². The Morgan fingerprint density at radius 1 is 0.244 bits per heavy atom. The van der Waals surface area contributed by atoms with Crippen LogP contribution >= 0.6 is 0 Å². The molecular weight excluding hydrogens is 1130 g/mol. The number of hydrogen-bond acceptors (Lipinski definition) is 37. The van der Waals surface area contributed by atoms with Gasteiger partial charge in [-0.25, -0.2) is 0 Å². The summed E-state index contributed by atoms with van der Waals surface area (Å²) in [4.78, 5) is 0. The number of ether oxygens (including phenoxy) is 17. The molecule has 0 aliphatic carbocycles. The summed E-state index contributed by atoms with van der Waals surface area (Å²) in [5.41, 5.74) is 0. The first-order valence-corrected chi connectivity index (χ1v) is 26.3. The molecule has 20 N–H and O–H groups in total. The molecular formula is C45H74O37. The van der Waals surface area contributed by atoms with E-state index in [9.17, 15) is 102 Å². The Morgan fingerprint density at radius 3 is 0.915 bits per heavy atom. The monoisotopic (exact) mass is 1210 g/mol. The van der Waals surface area contributed by atoms with Crippen molar-refractivity contribution in [1.82, 2.24) is 0 Å². The fourth-order valence-corrected chi connectivity index (χ4v) is 10.6. The molecule has 0 bridgehead atoms. The van der Waals surface area contributed by atoms with E-state index in [0.29, 0.717) is 0 Å². The van der Waals surface area contributed by atoms with Crippen LogP contribution in [0.4, 0.5) is 0 Å². The highest BCUT2D eigenvalue weighted by atomic mass is 16.8. The minimum Gasteiger partial charge on any atom is -0.394 e. The zero-order valence-corrected chi connectivity index (χ0v) is 43.0. The molecule has 0 unspecified atom stereocenters. The molecule has 0 spiro atoms. The Morgan fingerprint density at radius 2 is 0.524 bits per heavy atom. The molecule has 9 fully saturated rings. The lowest BCUT2D eigenvalue weighted by atomic mass is 10.0. The van der Waals surface area contributed by atoms with Crippen molar-refractivity contribution >= 4 is 0 Å². The topological polar surface area (TPSA) is 562 Å². The van der Waals surface area contributed by atoms with Crippen molar-refractivity contribution < 1.29 is 183 Å². The summed E-state index contributed by atoms with van der Waals surface area (Å²) in [7, 11) is 0. The van der Waals surface area contributed by atoms with E-state index in [2.05, 4.69) is 0 Å². The molecule has 9 aliphatic heterocycles. The van der Waals surface area contributed by atoms with Gasteiger partial charge in [-0.1, -0.05) is 0 Å². The quantitative estimate of drug-likeness (QED) is 0.0538. The second kappa shape index (κ2) is 27.9. The molecule has 0 radical (unpaired) electrons. The SMILES string of the molecule is OC[C@@H]1O[C@@H](O[C@@H]2[C@@H](O[C@@H]3O[C@@H](CO)[C@H](O)[C@H]3O)[C@H](O[C@@H]3CO[C@@H](O[C@@H]4CO[C@@H](O[C@@H]5CO[C@@H](O)[C@H](O)[C@H]5O)[C@H](O)[C@H]4O)[C@H](O[C@@H]4O[C@@H](CO)[C@H](O)[C@H]4O)[C@H]3O[C@@H]3O[C@@H](CO)[C@H](O)[C@H]3O)OC[C@H]2O[C@@H]2OC[C@@H](O)[C@H](O)[C@H]2O)[C@H](O)[C@H]1O. The highest BCUT2D eigenvalue weighted by Crippen LogP contribution is 2.39. The molecule has 9 rings (SSSR count). The van der Waals surface area contributed by atoms with Gasteiger partial charge in [-0.05, 0) is 0 Å². The van der Waals surface area contributed by atoms with E-state index < -0.39 is 281 Å². The van der Waals surface area contributed by atoms with Gasteiger partial charge in [0.25, 0.3) is 0 Å². The molecule has 0 aromatic rings. The molecule has 37 heteroatoms. The van der Waals surface area contributed by atoms with Crippen LogP contribution in [0.15, 0.2) is 0 Å². The number of rotatable bonds is 20. The van der Waals surface area contributed by atoms with Crippen LogP contribution in [0.3, 0.4) is 0 Å². The summed E-state index contributed by atoms with van der Waals surface area (Å²) >= 11 is 0. The third-order valence-corrected chi connectivity index (χ3v) is 15.5. The van der Waals surface area contributed by atoms with Crippen molar-refractivity contribution in [2.75, 3.05) is 59.5 Å². The maximum Gasteiger partial charge on any atom is 0.187 e. The fraction of sp³-hybridized carbons (Fsp3) is 1.00. The van der Waals surface area contributed by atoms with Crippen molar-refractivity contribution in [3.8, 4) is 0 Å². The average molecular weight is 1210 g/mol. The van der Waals surface area contributed by atoms with Gasteiger partial charge in [0.05, 0.1) is 59.5 Å². The van der Waals surface area contributed by atoms with Crippen molar-refractivity contribution in [2.24, 2.45) is 0 Å².